The van der Waals surface area contributed by atoms with Crippen molar-refractivity contribution in [3.05, 3.63) is 12.2 Å². The van der Waals surface area contributed by atoms with Gasteiger partial charge in [0.15, 0.2) is 6.10 Å². The van der Waals surface area contributed by atoms with E-state index in [0.29, 0.717) is 19.3 Å². The summed E-state index contributed by atoms with van der Waals surface area (Å²) in [5.74, 6) is -0.848. The Morgan fingerprint density at radius 2 is 0.493 bits per heavy atom. The fourth-order valence-electron chi connectivity index (χ4n) is 9.92. The van der Waals surface area contributed by atoms with E-state index in [4.69, 9.17) is 14.2 Å². The van der Waals surface area contributed by atoms with Crippen LogP contribution in [0.5, 0.6) is 0 Å². The molecule has 0 rings (SSSR count). The molecule has 6 heteroatoms. The number of allylic oxidation sites excluding steroid dienone is 2. The van der Waals surface area contributed by atoms with Crippen LogP contribution in [0.4, 0.5) is 0 Å². The summed E-state index contributed by atoms with van der Waals surface area (Å²) < 4.78 is 16.9. The molecule has 6 nitrogen and oxygen atoms in total. The summed E-state index contributed by atoms with van der Waals surface area (Å²) in [6.07, 6.45) is 70.9. The molecule has 0 aliphatic rings. The zero-order valence-corrected chi connectivity index (χ0v) is 48.3. The minimum Gasteiger partial charge on any atom is -0.462 e. The average molecular weight is 1000 g/mol. The highest BCUT2D eigenvalue weighted by atomic mass is 16.6. The summed E-state index contributed by atoms with van der Waals surface area (Å²) in [5, 5.41) is 0. The summed E-state index contributed by atoms with van der Waals surface area (Å²) in [6.45, 7) is 6.65. The number of rotatable bonds is 60. The van der Waals surface area contributed by atoms with Gasteiger partial charge in [0, 0.05) is 19.3 Å². The minimum absolute atomic E-state index is 0.0663. The lowest BCUT2D eigenvalue weighted by molar-refractivity contribution is -0.167. The van der Waals surface area contributed by atoms with Gasteiger partial charge in [-0.3, -0.25) is 14.4 Å². The molecule has 1 unspecified atom stereocenters. The third-order valence-corrected chi connectivity index (χ3v) is 14.8. The minimum atomic E-state index is -0.768. The van der Waals surface area contributed by atoms with Crippen LogP contribution in [0.1, 0.15) is 367 Å². The summed E-state index contributed by atoms with van der Waals surface area (Å²) in [4.78, 5) is 38.2. The number of hydrogen-bond acceptors (Lipinski definition) is 6. The van der Waals surface area contributed by atoms with E-state index in [-0.39, 0.29) is 31.1 Å². The van der Waals surface area contributed by atoms with Gasteiger partial charge in [0.1, 0.15) is 13.2 Å². The van der Waals surface area contributed by atoms with Crippen molar-refractivity contribution in [1.29, 1.82) is 0 Å². The zero-order chi connectivity index (χ0) is 51.4. The number of hydrogen-bond donors (Lipinski definition) is 0. The molecule has 0 aromatic carbocycles. The largest absolute Gasteiger partial charge is 0.462 e. The summed E-state index contributed by atoms with van der Waals surface area (Å²) >= 11 is 0. The van der Waals surface area contributed by atoms with Gasteiger partial charge in [-0.05, 0) is 38.5 Å². The van der Waals surface area contributed by atoms with Crippen LogP contribution in [0.2, 0.25) is 0 Å². The van der Waals surface area contributed by atoms with Gasteiger partial charge in [0.05, 0.1) is 0 Å². The molecule has 1 atom stereocenters. The summed E-state index contributed by atoms with van der Waals surface area (Å²) in [7, 11) is 0. The van der Waals surface area contributed by atoms with Gasteiger partial charge in [-0.2, -0.15) is 0 Å². The van der Waals surface area contributed by atoms with Crippen molar-refractivity contribution in [2.75, 3.05) is 13.2 Å². The lowest BCUT2D eigenvalue weighted by atomic mass is 10.0. The highest BCUT2D eigenvalue weighted by molar-refractivity contribution is 5.71. The van der Waals surface area contributed by atoms with Crippen LogP contribution in [0.25, 0.3) is 0 Å². The Kier molecular flexibility index (Phi) is 59.1. The smallest absolute Gasteiger partial charge is 0.306 e. The van der Waals surface area contributed by atoms with Crippen molar-refractivity contribution in [3.63, 3.8) is 0 Å². The van der Waals surface area contributed by atoms with Crippen LogP contribution in [-0.4, -0.2) is 37.2 Å². The normalized spacial score (nSPS) is 12.0. The van der Waals surface area contributed by atoms with Gasteiger partial charge in [-0.1, -0.05) is 322 Å². The van der Waals surface area contributed by atoms with Gasteiger partial charge in [-0.25, -0.2) is 0 Å². The molecule has 0 N–H and O–H groups in total. The first kappa shape index (κ1) is 69.2. The van der Waals surface area contributed by atoms with Crippen molar-refractivity contribution >= 4 is 17.9 Å². The maximum Gasteiger partial charge on any atom is 0.306 e. The van der Waals surface area contributed by atoms with Crippen molar-refractivity contribution in [2.24, 2.45) is 0 Å². The fourth-order valence-corrected chi connectivity index (χ4v) is 9.92. The molecule has 420 valence electrons. The Morgan fingerprint density at radius 3 is 0.761 bits per heavy atom. The number of carbonyl (C=O) groups is 3. The molecule has 0 fully saturated rings. The quantitative estimate of drug-likeness (QED) is 0.0261. The van der Waals surface area contributed by atoms with Crippen LogP contribution in [0, 0.1) is 0 Å². The number of carbonyl (C=O) groups excluding carboxylic acids is 3. The van der Waals surface area contributed by atoms with Crippen molar-refractivity contribution in [3.8, 4) is 0 Å². The molecule has 0 amide bonds. The van der Waals surface area contributed by atoms with E-state index in [1.54, 1.807) is 0 Å². The maximum atomic E-state index is 12.9. The summed E-state index contributed by atoms with van der Waals surface area (Å²) in [6, 6.07) is 0. The number of unbranched alkanes of at least 4 members (excludes halogenated alkanes) is 47. The van der Waals surface area contributed by atoms with Crippen molar-refractivity contribution in [2.45, 2.75) is 374 Å². The SMILES string of the molecule is CCC/C=C\CCCCCCCC(=O)OCC(COC(=O)CCCCCCCCCCCCCCCCCCCCCCCC)OC(=O)CCCCCCCCCCCCCCCCCCCCCCC. The molecule has 0 saturated heterocycles. The predicted molar refractivity (Wildman–Crippen MR) is 307 cm³/mol. The van der Waals surface area contributed by atoms with Gasteiger partial charge in [0.2, 0.25) is 0 Å². The molecular weight excluding hydrogens is 877 g/mol. The topological polar surface area (TPSA) is 78.9 Å². The number of ether oxygens (including phenoxy) is 3. The first-order valence-corrected chi connectivity index (χ1v) is 32.2. The first-order valence-electron chi connectivity index (χ1n) is 32.2. The van der Waals surface area contributed by atoms with E-state index in [0.717, 1.165) is 70.6 Å². The average Bonchev–Trinajstić information content (AvgIpc) is 3.37. The van der Waals surface area contributed by atoms with Crippen LogP contribution in [0.15, 0.2) is 12.2 Å². The molecule has 0 radical (unpaired) electrons. The van der Waals surface area contributed by atoms with E-state index < -0.39 is 6.10 Å². The molecule has 0 aliphatic carbocycles. The third-order valence-electron chi connectivity index (χ3n) is 14.8. The number of esters is 3. The maximum absolute atomic E-state index is 12.9. The van der Waals surface area contributed by atoms with Crippen molar-refractivity contribution in [1.82, 2.24) is 0 Å². The molecule has 0 aromatic heterocycles. The molecule has 0 heterocycles. The monoisotopic (exact) mass is 1000 g/mol. The highest BCUT2D eigenvalue weighted by Crippen LogP contribution is 2.18. The Bertz CT molecular complexity index is 1100. The van der Waals surface area contributed by atoms with E-state index in [2.05, 4.69) is 32.9 Å². The fraction of sp³-hybridized carbons (Fsp3) is 0.923. The molecule has 0 aliphatic heterocycles. The van der Waals surface area contributed by atoms with E-state index in [1.807, 2.05) is 0 Å². The zero-order valence-electron chi connectivity index (χ0n) is 48.3. The standard InChI is InChI=1S/C65H124O6/c1-4-7-10-13-16-19-22-24-26-28-30-32-34-35-37-39-41-43-46-49-52-55-58-64(67)70-61-62(60-69-63(66)57-54-51-48-45-21-18-15-12-9-6-3)71-65(68)59-56-53-50-47-44-42-40-38-36-33-31-29-27-25-23-20-17-14-11-8-5-2/h12,15,62H,4-11,13-14,16-61H2,1-3H3/b15-12-. The van der Waals surface area contributed by atoms with Gasteiger partial charge < -0.3 is 14.2 Å². The lowest BCUT2D eigenvalue weighted by Gasteiger charge is -2.18. The van der Waals surface area contributed by atoms with Crippen LogP contribution < -0.4 is 0 Å². The van der Waals surface area contributed by atoms with E-state index >= 15 is 0 Å². The second-order valence-electron chi connectivity index (χ2n) is 22.0. The Hall–Kier alpha value is -1.85. The van der Waals surface area contributed by atoms with E-state index in [1.165, 1.54) is 257 Å². The molecule has 0 bridgehead atoms. The third kappa shape index (κ3) is 58.9. The Balaban J connectivity index is 4.17. The molecule has 0 spiro atoms. The second kappa shape index (κ2) is 60.7. The Morgan fingerprint density at radius 1 is 0.268 bits per heavy atom. The first-order chi connectivity index (χ1) is 35.0. The van der Waals surface area contributed by atoms with Crippen molar-refractivity contribution < 1.29 is 28.6 Å². The predicted octanol–water partition coefficient (Wildman–Crippen LogP) is 21.7. The Labute approximate surface area is 443 Å². The van der Waals surface area contributed by atoms with Gasteiger partial charge in [0.25, 0.3) is 0 Å². The van der Waals surface area contributed by atoms with E-state index in [9.17, 15) is 14.4 Å². The highest BCUT2D eigenvalue weighted by Gasteiger charge is 2.19. The van der Waals surface area contributed by atoms with Gasteiger partial charge in [-0.15, -0.1) is 0 Å². The van der Waals surface area contributed by atoms with Gasteiger partial charge >= 0.3 is 17.9 Å². The van der Waals surface area contributed by atoms with Crippen LogP contribution in [-0.2, 0) is 28.6 Å². The molecule has 71 heavy (non-hydrogen) atoms. The second-order valence-corrected chi connectivity index (χ2v) is 22.0. The summed E-state index contributed by atoms with van der Waals surface area (Å²) in [5.41, 5.74) is 0. The van der Waals surface area contributed by atoms with Crippen LogP contribution in [0.3, 0.4) is 0 Å². The lowest BCUT2D eigenvalue weighted by Crippen LogP contribution is -2.30. The molecule has 0 aromatic rings. The molecule has 0 saturated carbocycles. The molecular formula is C65H124O6. The van der Waals surface area contributed by atoms with Crippen LogP contribution >= 0.6 is 0 Å².